The Morgan fingerprint density at radius 1 is 0.938 bits per heavy atom. The molecule has 1 aliphatic carbocycles. The van der Waals surface area contributed by atoms with E-state index in [1.807, 2.05) is 74.5 Å². The molecule has 2 fully saturated rings. The van der Waals surface area contributed by atoms with Gasteiger partial charge in [-0.15, -0.1) is 0 Å². The molecule has 3 aromatic carbocycles. The second kappa shape index (κ2) is 15.3. The topological polar surface area (TPSA) is 149 Å². The summed E-state index contributed by atoms with van der Waals surface area (Å²) in [6.07, 6.45) is 3.33. The maximum absolute atomic E-state index is 14.0. The van der Waals surface area contributed by atoms with Crippen LogP contribution in [0.15, 0.2) is 78.9 Å². The highest BCUT2D eigenvalue weighted by atomic mass is 32.2. The van der Waals surface area contributed by atoms with Gasteiger partial charge in [-0.1, -0.05) is 60.7 Å². The lowest BCUT2D eigenvalue weighted by Crippen LogP contribution is -2.50. The zero-order chi connectivity index (χ0) is 34.3. The molecule has 2 atom stereocenters. The van der Waals surface area contributed by atoms with Gasteiger partial charge in [0, 0.05) is 43.3 Å². The van der Waals surface area contributed by atoms with Crippen LogP contribution in [0.2, 0.25) is 0 Å². The summed E-state index contributed by atoms with van der Waals surface area (Å²) in [6.45, 7) is 7.05. The van der Waals surface area contributed by atoms with E-state index in [4.69, 9.17) is 0 Å². The molecule has 0 aromatic heterocycles. The summed E-state index contributed by atoms with van der Waals surface area (Å²) in [7, 11) is -3.86. The minimum Gasteiger partial charge on any atom is -0.354 e. The van der Waals surface area contributed by atoms with Crippen molar-refractivity contribution in [1.29, 1.82) is 0 Å². The number of carbonyl (C=O) groups excluding carboxylic acids is 3. The minimum atomic E-state index is -3.86. The molecule has 1 aliphatic heterocycles. The highest BCUT2D eigenvalue weighted by molar-refractivity contribution is 7.90. The van der Waals surface area contributed by atoms with Crippen molar-refractivity contribution in [1.82, 2.24) is 26.0 Å². The van der Waals surface area contributed by atoms with Crippen LogP contribution in [0.4, 0.5) is 5.69 Å². The quantitative estimate of drug-likeness (QED) is 0.177. The molecule has 12 heteroatoms. The van der Waals surface area contributed by atoms with E-state index in [1.165, 1.54) is 22.5 Å². The lowest BCUT2D eigenvalue weighted by atomic mass is 9.93. The molecule has 1 saturated heterocycles. The molecule has 0 radical (unpaired) electrons. The molecule has 0 bridgehead atoms. The minimum absolute atomic E-state index is 0.0928. The van der Waals surface area contributed by atoms with E-state index < -0.39 is 39.6 Å². The summed E-state index contributed by atoms with van der Waals surface area (Å²) in [5, 5.41) is 12.4. The predicted octanol–water partition coefficient (Wildman–Crippen LogP) is 3.24. The highest BCUT2D eigenvalue weighted by Crippen LogP contribution is 2.28. The average molecular weight is 675 g/mol. The third-order valence-electron chi connectivity index (χ3n) is 8.75. The van der Waals surface area contributed by atoms with Crippen LogP contribution in [-0.4, -0.2) is 64.4 Å². The molecule has 2 aliphatic rings. The fourth-order valence-corrected chi connectivity index (χ4v) is 6.97. The number of benzene rings is 3. The van der Waals surface area contributed by atoms with Crippen LogP contribution in [0.25, 0.3) is 0 Å². The van der Waals surface area contributed by atoms with Crippen molar-refractivity contribution >= 4 is 33.6 Å². The molecule has 5 N–H and O–H groups in total. The molecule has 11 nitrogen and oxygen atoms in total. The molecule has 256 valence electrons. The van der Waals surface area contributed by atoms with Gasteiger partial charge in [0.25, 0.3) is 11.8 Å². The SMILES string of the molecule is C[C@H](NC[C@H](Cc1ccccc1)NC(=O)c1cc(C(=O)NC(C)(C)c2ccccc2)cc(N2CCCNS2(=O)=O)c1)C(=O)NCC1CC1. The van der Waals surface area contributed by atoms with E-state index in [-0.39, 0.29) is 29.3 Å². The first-order valence-electron chi connectivity index (χ1n) is 16.6. The summed E-state index contributed by atoms with van der Waals surface area (Å²) >= 11 is 0. The van der Waals surface area contributed by atoms with Gasteiger partial charge in [-0.05, 0) is 81.7 Å². The van der Waals surface area contributed by atoms with Crippen molar-refractivity contribution in [2.45, 2.75) is 64.1 Å². The van der Waals surface area contributed by atoms with Crippen LogP contribution < -0.4 is 30.3 Å². The monoisotopic (exact) mass is 674 g/mol. The Morgan fingerprint density at radius 3 is 2.23 bits per heavy atom. The van der Waals surface area contributed by atoms with E-state index in [0.29, 0.717) is 38.4 Å². The zero-order valence-electron chi connectivity index (χ0n) is 27.8. The molecular weight excluding hydrogens is 629 g/mol. The van der Waals surface area contributed by atoms with Gasteiger partial charge in [0.1, 0.15) is 0 Å². The van der Waals surface area contributed by atoms with Gasteiger partial charge < -0.3 is 21.3 Å². The third kappa shape index (κ3) is 9.42. The lowest BCUT2D eigenvalue weighted by molar-refractivity contribution is -0.122. The number of nitrogens with one attached hydrogen (secondary N) is 5. The van der Waals surface area contributed by atoms with E-state index in [9.17, 15) is 22.8 Å². The van der Waals surface area contributed by atoms with Gasteiger partial charge in [-0.25, -0.2) is 0 Å². The summed E-state index contributed by atoms with van der Waals surface area (Å²) in [4.78, 5) is 40.4. The van der Waals surface area contributed by atoms with Gasteiger partial charge >= 0.3 is 10.2 Å². The number of anilines is 1. The molecule has 1 saturated carbocycles. The normalized spacial score (nSPS) is 17.2. The number of rotatable bonds is 14. The van der Waals surface area contributed by atoms with Crippen LogP contribution in [0.3, 0.4) is 0 Å². The van der Waals surface area contributed by atoms with E-state index in [0.717, 1.165) is 24.0 Å². The van der Waals surface area contributed by atoms with Crippen molar-refractivity contribution < 1.29 is 22.8 Å². The first-order chi connectivity index (χ1) is 22.9. The van der Waals surface area contributed by atoms with Gasteiger partial charge in [0.05, 0.1) is 17.3 Å². The second-order valence-corrected chi connectivity index (χ2v) is 14.9. The maximum atomic E-state index is 14.0. The Hall–Kier alpha value is -4.26. The van der Waals surface area contributed by atoms with Gasteiger partial charge in [0.15, 0.2) is 0 Å². The van der Waals surface area contributed by atoms with Gasteiger partial charge in [-0.2, -0.15) is 13.1 Å². The summed E-state index contributed by atoms with van der Waals surface area (Å²) in [6, 6.07) is 22.8. The first kappa shape index (κ1) is 35.1. The molecule has 0 unspecified atom stereocenters. The Bertz CT molecular complexity index is 1700. The van der Waals surface area contributed by atoms with Crippen LogP contribution >= 0.6 is 0 Å². The van der Waals surface area contributed by atoms with Gasteiger partial charge in [0.2, 0.25) is 5.91 Å². The first-order valence-corrected chi connectivity index (χ1v) is 18.0. The number of hydrogen-bond donors (Lipinski definition) is 5. The summed E-state index contributed by atoms with van der Waals surface area (Å²) < 4.78 is 29.7. The lowest BCUT2D eigenvalue weighted by Gasteiger charge is -2.30. The van der Waals surface area contributed by atoms with Crippen molar-refractivity contribution in [3.63, 3.8) is 0 Å². The highest BCUT2D eigenvalue weighted by Gasteiger charge is 2.30. The van der Waals surface area contributed by atoms with Crippen LogP contribution in [0.5, 0.6) is 0 Å². The number of amides is 3. The molecule has 3 amide bonds. The van der Waals surface area contributed by atoms with Crippen molar-refractivity contribution in [3.8, 4) is 0 Å². The van der Waals surface area contributed by atoms with E-state index in [2.05, 4.69) is 26.0 Å². The molecular formula is C36H46N6O5S. The third-order valence-corrected chi connectivity index (χ3v) is 10.3. The van der Waals surface area contributed by atoms with E-state index in [1.54, 1.807) is 6.92 Å². The Balaban J connectivity index is 1.40. The van der Waals surface area contributed by atoms with Gasteiger partial charge in [-0.3, -0.25) is 18.7 Å². The smallest absolute Gasteiger partial charge is 0.301 e. The standard InChI is InChI=1S/C36H46N6O5S/c1-25(33(43)38-23-27-15-16-27)37-24-31(19-26-11-6-4-7-12-26)40-34(44)28-20-29(22-32(21-28)42-18-10-17-39-48(42,46)47)35(45)41-36(2,3)30-13-8-5-9-14-30/h4-9,11-14,20-22,25,27,31,37,39H,10,15-19,23-24H2,1-3H3,(H,38,43)(H,40,44)(H,41,45)/t25-,31-/m0/s1. The van der Waals surface area contributed by atoms with Crippen LogP contribution in [-0.2, 0) is 27.0 Å². The predicted molar refractivity (Wildman–Crippen MR) is 187 cm³/mol. The molecule has 5 rings (SSSR count). The fourth-order valence-electron chi connectivity index (χ4n) is 5.66. The van der Waals surface area contributed by atoms with Crippen molar-refractivity contribution in [3.05, 3.63) is 101 Å². The van der Waals surface area contributed by atoms with Crippen LogP contribution in [0.1, 0.15) is 71.9 Å². The summed E-state index contributed by atoms with van der Waals surface area (Å²) in [5.41, 5.74) is 1.66. The average Bonchev–Trinajstić information content (AvgIpc) is 3.91. The van der Waals surface area contributed by atoms with E-state index >= 15 is 0 Å². The second-order valence-electron chi connectivity index (χ2n) is 13.2. The molecule has 3 aromatic rings. The zero-order valence-corrected chi connectivity index (χ0v) is 28.6. The summed E-state index contributed by atoms with van der Waals surface area (Å²) in [5.74, 6) is -0.446. The van der Waals surface area contributed by atoms with Crippen molar-refractivity contribution in [2.24, 2.45) is 5.92 Å². The molecule has 0 spiro atoms. The Kier molecular flexibility index (Phi) is 11.2. The molecule has 1 heterocycles. The Morgan fingerprint density at radius 2 is 1.58 bits per heavy atom. The largest absolute Gasteiger partial charge is 0.354 e. The Labute approximate surface area is 283 Å². The van der Waals surface area contributed by atoms with Crippen LogP contribution in [0, 0.1) is 5.92 Å². The fraction of sp³-hybridized carbons (Fsp3) is 0.417. The van der Waals surface area contributed by atoms with Crippen molar-refractivity contribution in [2.75, 3.05) is 30.5 Å². The molecule has 48 heavy (non-hydrogen) atoms. The number of nitrogens with zero attached hydrogens (tertiary/aromatic N) is 1. The number of hydrogen-bond acceptors (Lipinski definition) is 6. The maximum Gasteiger partial charge on any atom is 0.301 e. The number of carbonyl (C=O) groups is 3.